The Balaban J connectivity index is 1.97. The van der Waals surface area contributed by atoms with E-state index in [-0.39, 0.29) is 104 Å². The van der Waals surface area contributed by atoms with Crippen molar-refractivity contribution in [2.75, 3.05) is 0 Å². The molecule has 51 heavy (non-hydrogen) atoms. The van der Waals surface area contributed by atoms with E-state index in [1.165, 1.54) is 0 Å². The van der Waals surface area contributed by atoms with Gasteiger partial charge in [0.1, 0.15) is 137 Å². The van der Waals surface area contributed by atoms with Gasteiger partial charge in [0, 0.05) is 0 Å². The average molecular weight is 609 g/mol. The third kappa shape index (κ3) is 5.24. The predicted molar refractivity (Wildman–Crippen MR) is 232 cm³/mol. The molecule has 0 fully saturated rings. The Morgan fingerprint density at radius 2 is 0.549 bits per heavy atom. The number of aromatic hydroxyl groups is 2. The van der Waals surface area contributed by atoms with Gasteiger partial charge in [-0.15, -0.1) is 38.2 Å². The van der Waals surface area contributed by atoms with Gasteiger partial charge in [-0.25, -0.2) is 0 Å². The molecule has 0 unspecified atom stereocenters. The largest absolute Gasteiger partial charge is 0.505 e. The van der Waals surface area contributed by atoms with Gasteiger partial charge in [0.2, 0.25) is 0 Å². The molecule has 2 nitrogen and oxygen atoms in total. The second-order valence-electron chi connectivity index (χ2n) is 12.4. The Labute approximate surface area is 318 Å². The number of phenolic OH excluding ortho intramolecular Hbond substituents is 2. The van der Waals surface area contributed by atoms with E-state index in [1.807, 2.05) is 0 Å². The summed E-state index contributed by atoms with van der Waals surface area (Å²) >= 11 is 0. The van der Waals surface area contributed by atoms with Crippen molar-refractivity contribution in [3.8, 4) is 44.9 Å². The molecule has 200 valence electrons. The minimum absolute atomic E-state index is 0.00325. The lowest BCUT2D eigenvalue weighted by atomic mass is 9.59. The Kier molecular flexibility index (Phi) is 9.39. The van der Waals surface area contributed by atoms with Gasteiger partial charge in [0.25, 0.3) is 0 Å². The third-order valence-corrected chi connectivity index (χ3v) is 9.63. The number of benzene rings is 6. The van der Waals surface area contributed by atoms with E-state index in [0.29, 0.717) is 43.8 Å². The molecule has 6 aromatic carbocycles. The van der Waals surface area contributed by atoms with Crippen LogP contribution in [0.25, 0.3) is 54.9 Å². The van der Waals surface area contributed by atoms with Crippen molar-refractivity contribution in [2.24, 2.45) is 0 Å². The van der Waals surface area contributed by atoms with Gasteiger partial charge in [-0.2, -0.15) is 0 Å². The molecule has 0 saturated carbocycles. The van der Waals surface area contributed by atoms with E-state index < -0.39 is 11.5 Å². The SMILES string of the molecule is [B]c1c([B])c([B])c(-c2cc(-c3c([B])c([B])c(O)c(O)c3[B])cc(-c3c4c([B])c([B])c([B])c([B])c4c(C)c4c([B])c([B])c([B])c([B])c34)c2)c([B])c1[B]. The Morgan fingerprint density at radius 3 is 0.941 bits per heavy atom. The summed E-state index contributed by atoms with van der Waals surface area (Å²) in [5.41, 5.74) is 1.49. The summed E-state index contributed by atoms with van der Waals surface area (Å²) in [5, 5.41) is 22.7. The predicted octanol–water partition coefficient (Wildman–Crippen LogP) is -10.6. The molecule has 0 atom stereocenters. The first-order valence-corrected chi connectivity index (χ1v) is 15.0. The van der Waals surface area contributed by atoms with Crippen molar-refractivity contribution in [3.63, 3.8) is 0 Å². The van der Waals surface area contributed by atoms with Gasteiger partial charge in [-0.3, -0.25) is 0 Å². The monoisotopic (exact) mass is 612 g/mol. The molecule has 18 heteroatoms. The van der Waals surface area contributed by atoms with Gasteiger partial charge >= 0.3 is 0 Å². The first-order valence-electron chi connectivity index (χ1n) is 15.0. The summed E-state index contributed by atoms with van der Waals surface area (Å²) in [5.74, 6) is -1.42. The molecule has 0 saturated heterocycles. The van der Waals surface area contributed by atoms with Crippen LogP contribution in [0.1, 0.15) is 5.56 Å². The molecule has 32 radical (unpaired) electrons. The summed E-state index contributed by atoms with van der Waals surface area (Å²) in [6.07, 6.45) is 0. The Morgan fingerprint density at radius 1 is 0.294 bits per heavy atom. The molecule has 0 heterocycles. The van der Waals surface area contributed by atoms with Crippen molar-refractivity contribution >= 4 is 234 Å². The molecule has 0 bridgehead atoms. The zero-order valence-electron chi connectivity index (χ0n) is 27.4. The first kappa shape index (κ1) is 37.2. The molecule has 6 rings (SSSR count). The highest BCUT2D eigenvalue weighted by Crippen LogP contribution is 2.39. The number of hydrogen-bond donors (Lipinski definition) is 2. The third-order valence-electron chi connectivity index (χ3n) is 9.63. The van der Waals surface area contributed by atoms with Crippen LogP contribution in [0.2, 0.25) is 0 Å². The molecular formula is C33H8B16O2. The van der Waals surface area contributed by atoms with E-state index in [2.05, 4.69) is 0 Å². The van der Waals surface area contributed by atoms with Crippen molar-refractivity contribution in [1.82, 2.24) is 0 Å². The molecule has 2 N–H and O–H groups in total. The molecule has 0 aromatic heterocycles. The van der Waals surface area contributed by atoms with Crippen LogP contribution < -0.4 is 87.4 Å². The lowest BCUT2D eigenvalue weighted by molar-refractivity contribution is 0.410. The number of aryl methyl sites for hydroxylation is 1. The second kappa shape index (κ2) is 12.9. The van der Waals surface area contributed by atoms with Crippen LogP contribution in [0.15, 0.2) is 18.2 Å². The van der Waals surface area contributed by atoms with Crippen molar-refractivity contribution in [2.45, 2.75) is 6.92 Å². The van der Waals surface area contributed by atoms with Gasteiger partial charge in [-0.05, 0) is 91.1 Å². The van der Waals surface area contributed by atoms with Crippen LogP contribution in [0, 0.1) is 6.92 Å². The fourth-order valence-electron chi connectivity index (χ4n) is 6.81. The van der Waals surface area contributed by atoms with Crippen LogP contribution in [0.5, 0.6) is 11.5 Å². The minimum Gasteiger partial charge on any atom is -0.505 e. The Hall–Kier alpha value is -3.52. The summed E-state index contributed by atoms with van der Waals surface area (Å²) in [7, 11) is 103. The maximum atomic E-state index is 10.8. The molecule has 0 spiro atoms. The summed E-state index contributed by atoms with van der Waals surface area (Å²) < 4.78 is 0. The highest BCUT2D eigenvalue weighted by Gasteiger charge is 2.25. The van der Waals surface area contributed by atoms with Crippen LogP contribution in [-0.2, 0) is 0 Å². The summed E-state index contributed by atoms with van der Waals surface area (Å²) in [4.78, 5) is 0. The molecule has 6 aromatic rings. The van der Waals surface area contributed by atoms with Gasteiger partial charge < -0.3 is 10.2 Å². The molecular weight excluding hydrogens is 601 g/mol. The average Bonchev–Trinajstić information content (AvgIpc) is 3.10. The van der Waals surface area contributed by atoms with Gasteiger partial charge in [0.05, 0.1) is 0 Å². The van der Waals surface area contributed by atoms with Crippen LogP contribution in [0.4, 0.5) is 0 Å². The van der Waals surface area contributed by atoms with Gasteiger partial charge in [0.15, 0.2) is 0 Å². The molecule has 0 aliphatic heterocycles. The molecule has 0 aliphatic rings. The number of phenols is 2. The second-order valence-corrected chi connectivity index (χ2v) is 12.4. The minimum atomic E-state index is -0.713. The quantitative estimate of drug-likeness (QED) is 0.119. The summed E-state index contributed by atoms with van der Waals surface area (Å²) in [6, 6.07) is 4.89. The van der Waals surface area contributed by atoms with E-state index in [0.717, 1.165) is 0 Å². The topological polar surface area (TPSA) is 40.5 Å². The Bertz CT molecular complexity index is 2360. The number of fused-ring (bicyclic) bond motifs is 2. The smallest absolute Gasteiger partial charge is 0.150 e. The normalized spacial score (nSPS) is 11.5. The molecule has 0 amide bonds. The highest BCUT2D eigenvalue weighted by atomic mass is 16.3. The number of hydrogen-bond acceptors (Lipinski definition) is 2. The molecule has 0 aliphatic carbocycles. The first-order chi connectivity index (χ1) is 23.8. The van der Waals surface area contributed by atoms with Crippen LogP contribution in [-0.4, -0.2) is 136 Å². The van der Waals surface area contributed by atoms with Gasteiger partial charge in [-0.1, -0.05) is 43.7 Å². The van der Waals surface area contributed by atoms with E-state index in [4.69, 9.17) is 126 Å². The zero-order valence-corrected chi connectivity index (χ0v) is 27.4. The van der Waals surface area contributed by atoms with E-state index in [1.54, 1.807) is 25.1 Å². The lowest BCUT2D eigenvalue weighted by Gasteiger charge is -2.28. The lowest BCUT2D eigenvalue weighted by Crippen LogP contribution is -2.55. The zero-order chi connectivity index (χ0) is 37.9. The van der Waals surface area contributed by atoms with E-state index >= 15 is 0 Å². The van der Waals surface area contributed by atoms with Crippen molar-refractivity contribution in [3.05, 3.63) is 23.8 Å². The van der Waals surface area contributed by atoms with Crippen LogP contribution in [0.3, 0.4) is 0 Å². The fourth-order valence-corrected chi connectivity index (χ4v) is 6.81. The fraction of sp³-hybridized carbons (Fsp3) is 0.0303. The standard InChI is InChI=1S/C33H8B16O2/c1-5-9-14(21(39)28(46)24(42)16(9)34)11(15-10(5)17(35)25(43)29(47)22(15)40)6-2-7(12-18(36)26(44)30(48)27(45)19(12)37)4-8(3-6)13-20(38)31(49)33(51)32(50)23(13)41/h2-4,50-51H,1H3. The highest BCUT2D eigenvalue weighted by molar-refractivity contribution is 6.71. The maximum absolute atomic E-state index is 10.8. The van der Waals surface area contributed by atoms with E-state index in [9.17, 15) is 10.2 Å². The van der Waals surface area contributed by atoms with Crippen LogP contribution >= 0.6 is 0 Å². The van der Waals surface area contributed by atoms with Crippen molar-refractivity contribution in [1.29, 1.82) is 0 Å². The van der Waals surface area contributed by atoms with Crippen molar-refractivity contribution < 1.29 is 10.2 Å². The number of rotatable bonds is 3. The summed E-state index contributed by atoms with van der Waals surface area (Å²) in [6.45, 7) is 1.75. The maximum Gasteiger partial charge on any atom is 0.150 e.